The van der Waals surface area contributed by atoms with Crippen LogP contribution in [-0.2, 0) is 0 Å². The van der Waals surface area contributed by atoms with Crippen LogP contribution in [0.3, 0.4) is 0 Å². The fourth-order valence-electron chi connectivity index (χ4n) is 1.64. The maximum Gasteiger partial charge on any atom is 0.258 e. The third-order valence-electron chi connectivity index (χ3n) is 2.91. The van der Waals surface area contributed by atoms with Crippen molar-refractivity contribution in [1.29, 1.82) is 0 Å². The molecule has 0 aromatic heterocycles. The van der Waals surface area contributed by atoms with Crippen molar-refractivity contribution in [3.63, 3.8) is 0 Å². The van der Waals surface area contributed by atoms with Gasteiger partial charge in [-0.15, -0.1) is 0 Å². The summed E-state index contributed by atoms with van der Waals surface area (Å²) in [5.41, 5.74) is -0.230. The molecule has 2 rings (SSSR count). The van der Waals surface area contributed by atoms with E-state index in [1.54, 1.807) is 6.07 Å². The first-order valence-corrected chi connectivity index (χ1v) is 6.45. The van der Waals surface area contributed by atoms with E-state index in [0.29, 0.717) is 5.33 Å². The Kier molecular flexibility index (Phi) is 3.38. The number of nitrogens with one attached hydrogen (secondary N) is 1. The van der Waals surface area contributed by atoms with Crippen LogP contribution in [0.2, 0.25) is 0 Å². The molecule has 0 aliphatic heterocycles. The summed E-state index contributed by atoms with van der Waals surface area (Å²) in [6, 6.07) is 4.35. The molecule has 1 saturated carbocycles. The first kappa shape index (κ1) is 12.4. The number of carbonyl (C=O) groups is 1. The Balaban J connectivity index is 2.24. The lowest BCUT2D eigenvalue weighted by Gasteiger charge is -2.16. The van der Waals surface area contributed by atoms with E-state index in [1.165, 1.54) is 19.2 Å². The molecule has 5 heteroatoms. The molecule has 0 heterocycles. The molecule has 17 heavy (non-hydrogen) atoms. The van der Waals surface area contributed by atoms with Gasteiger partial charge in [-0.05, 0) is 25.0 Å². The average Bonchev–Trinajstić information content (AvgIpc) is 3.08. The van der Waals surface area contributed by atoms with Gasteiger partial charge < -0.3 is 10.1 Å². The van der Waals surface area contributed by atoms with E-state index >= 15 is 0 Å². The number of hydrogen-bond donors (Lipinski definition) is 1. The van der Waals surface area contributed by atoms with Crippen LogP contribution in [0.15, 0.2) is 18.2 Å². The Labute approximate surface area is 107 Å². The predicted molar refractivity (Wildman–Crippen MR) is 66.2 cm³/mol. The van der Waals surface area contributed by atoms with Crippen LogP contribution >= 0.6 is 15.9 Å². The highest BCUT2D eigenvalue weighted by atomic mass is 79.9. The van der Waals surface area contributed by atoms with Crippen LogP contribution in [0, 0.1) is 5.82 Å². The Morgan fingerprint density at radius 2 is 2.29 bits per heavy atom. The monoisotopic (exact) mass is 301 g/mol. The smallest absolute Gasteiger partial charge is 0.258 e. The van der Waals surface area contributed by atoms with Crippen molar-refractivity contribution in [2.24, 2.45) is 0 Å². The molecule has 1 aromatic carbocycles. The third kappa shape index (κ3) is 2.44. The van der Waals surface area contributed by atoms with E-state index in [-0.39, 0.29) is 16.9 Å². The summed E-state index contributed by atoms with van der Waals surface area (Å²) in [5.74, 6) is -0.725. The minimum absolute atomic E-state index is 0.0257. The molecule has 0 spiro atoms. The Bertz CT molecular complexity index is 446. The Morgan fingerprint density at radius 3 is 2.82 bits per heavy atom. The SMILES string of the molecule is COc1cccc(F)c1C(=O)NC1(CBr)CC1. The van der Waals surface area contributed by atoms with Gasteiger partial charge in [0.05, 0.1) is 12.6 Å². The fraction of sp³-hybridized carbons (Fsp3) is 0.417. The minimum Gasteiger partial charge on any atom is -0.496 e. The van der Waals surface area contributed by atoms with Gasteiger partial charge in [-0.1, -0.05) is 22.0 Å². The molecule has 0 atom stereocenters. The van der Waals surface area contributed by atoms with Gasteiger partial charge in [0.2, 0.25) is 0 Å². The van der Waals surface area contributed by atoms with E-state index in [1.807, 2.05) is 0 Å². The van der Waals surface area contributed by atoms with Gasteiger partial charge >= 0.3 is 0 Å². The lowest BCUT2D eigenvalue weighted by molar-refractivity contribution is 0.0929. The highest BCUT2D eigenvalue weighted by Crippen LogP contribution is 2.37. The highest BCUT2D eigenvalue weighted by Gasteiger charge is 2.43. The molecule has 92 valence electrons. The van der Waals surface area contributed by atoms with Crippen LogP contribution in [-0.4, -0.2) is 23.9 Å². The van der Waals surface area contributed by atoms with Gasteiger partial charge in [-0.2, -0.15) is 0 Å². The number of halogens is 2. The normalized spacial score (nSPS) is 16.4. The molecule has 0 unspecified atom stereocenters. The van der Waals surface area contributed by atoms with Gasteiger partial charge in [0.15, 0.2) is 0 Å². The second-order valence-electron chi connectivity index (χ2n) is 4.19. The maximum atomic E-state index is 13.6. The number of rotatable bonds is 4. The minimum atomic E-state index is -0.563. The van der Waals surface area contributed by atoms with E-state index in [0.717, 1.165) is 12.8 Å². The number of benzene rings is 1. The van der Waals surface area contributed by atoms with Crippen molar-refractivity contribution in [3.8, 4) is 5.75 Å². The van der Waals surface area contributed by atoms with Crippen molar-refractivity contribution in [1.82, 2.24) is 5.32 Å². The van der Waals surface area contributed by atoms with Crippen molar-refractivity contribution in [2.45, 2.75) is 18.4 Å². The summed E-state index contributed by atoms with van der Waals surface area (Å²) >= 11 is 3.35. The number of amides is 1. The molecule has 1 aliphatic rings. The maximum absolute atomic E-state index is 13.6. The van der Waals surface area contributed by atoms with Crippen molar-refractivity contribution < 1.29 is 13.9 Å². The molecule has 1 aliphatic carbocycles. The molecule has 1 amide bonds. The number of alkyl halides is 1. The number of methoxy groups -OCH3 is 1. The summed E-state index contributed by atoms with van der Waals surface area (Å²) < 4.78 is 18.6. The Morgan fingerprint density at radius 1 is 1.59 bits per heavy atom. The second kappa shape index (κ2) is 4.64. The van der Waals surface area contributed by atoms with Crippen LogP contribution in [0.5, 0.6) is 5.75 Å². The number of carbonyl (C=O) groups excluding carboxylic acids is 1. The first-order valence-electron chi connectivity index (χ1n) is 5.33. The largest absolute Gasteiger partial charge is 0.496 e. The molecule has 0 radical (unpaired) electrons. The van der Waals surface area contributed by atoms with Gasteiger partial charge in [0, 0.05) is 5.33 Å². The lowest BCUT2D eigenvalue weighted by Crippen LogP contribution is -2.38. The van der Waals surface area contributed by atoms with E-state index in [2.05, 4.69) is 21.2 Å². The molecular weight excluding hydrogens is 289 g/mol. The van der Waals surface area contributed by atoms with Crippen LogP contribution < -0.4 is 10.1 Å². The van der Waals surface area contributed by atoms with Crippen LogP contribution in [0.25, 0.3) is 0 Å². The highest BCUT2D eigenvalue weighted by molar-refractivity contribution is 9.09. The van der Waals surface area contributed by atoms with E-state index < -0.39 is 11.7 Å². The standard InChI is InChI=1S/C12H13BrFNO2/c1-17-9-4-2-3-8(14)10(9)11(16)15-12(7-13)5-6-12/h2-4H,5-7H2,1H3,(H,15,16). The van der Waals surface area contributed by atoms with Crippen molar-refractivity contribution in [3.05, 3.63) is 29.6 Å². The molecule has 0 bridgehead atoms. The van der Waals surface area contributed by atoms with Gasteiger partial charge in [0.25, 0.3) is 5.91 Å². The zero-order valence-corrected chi connectivity index (χ0v) is 11.0. The number of hydrogen-bond acceptors (Lipinski definition) is 2. The van der Waals surface area contributed by atoms with Crippen LogP contribution in [0.1, 0.15) is 23.2 Å². The summed E-state index contributed by atoms with van der Waals surface area (Å²) in [7, 11) is 1.42. The van der Waals surface area contributed by atoms with Gasteiger partial charge in [-0.25, -0.2) is 4.39 Å². The molecule has 1 aromatic rings. The molecule has 3 nitrogen and oxygen atoms in total. The molecular formula is C12H13BrFNO2. The second-order valence-corrected chi connectivity index (χ2v) is 4.75. The third-order valence-corrected chi connectivity index (χ3v) is 3.98. The number of ether oxygens (including phenoxy) is 1. The topological polar surface area (TPSA) is 38.3 Å². The molecule has 0 saturated heterocycles. The van der Waals surface area contributed by atoms with Crippen molar-refractivity contribution in [2.75, 3.05) is 12.4 Å². The zero-order chi connectivity index (χ0) is 12.5. The summed E-state index contributed by atoms with van der Waals surface area (Å²) in [4.78, 5) is 12.0. The first-order chi connectivity index (χ1) is 8.12. The lowest BCUT2D eigenvalue weighted by atomic mass is 10.1. The van der Waals surface area contributed by atoms with Gasteiger partial charge in [-0.3, -0.25) is 4.79 Å². The summed E-state index contributed by atoms with van der Waals surface area (Å²) in [5, 5.41) is 3.53. The van der Waals surface area contributed by atoms with Crippen molar-refractivity contribution >= 4 is 21.8 Å². The Hall–Kier alpha value is -1.10. The summed E-state index contributed by atoms with van der Waals surface area (Å²) in [6.07, 6.45) is 1.83. The molecule has 1 fully saturated rings. The summed E-state index contributed by atoms with van der Waals surface area (Å²) in [6.45, 7) is 0. The van der Waals surface area contributed by atoms with Gasteiger partial charge in [0.1, 0.15) is 17.1 Å². The quantitative estimate of drug-likeness (QED) is 0.868. The fourth-order valence-corrected chi connectivity index (χ4v) is 2.34. The van der Waals surface area contributed by atoms with E-state index in [9.17, 15) is 9.18 Å². The average molecular weight is 302 g/mol. The van der Waals surface area contributed by atoms with E-state index in [4.69, 9.17) is 4.74 Å². The predicted octanol–water partition coefficient (Wildman–Crippen LogP) is 2.49. The zero-order valence-electron chi connectivity index (χ0n) is 9.43. The molecule has 1 N–H and O–H groups in total. The van der Waals surface area contributed by atoms with Crippen LogP contribution in [0.4, 0.5) is 4.39 Å².